The molecule has 4 nitrogen and oxygen atoms in total. The number of likely N-dealkylation sites (tertiary alicyclic amines) is 1. The zero-order chi connectivity index (χ0) is 19.7. The second kappa shape index (κ2) is 7.40. The van der Waals surface area contributed by atoms with Crippen molar-refractivity contribution in [2.75, 3.05) is 36.4 Å². The predicted molar refractivity (Wildman–Crippen MR) is 111 cm³/mol. The van der Waals surface area contributed by atoms with E-state index in [1.807, 2.05) is 37.3 Å². The van der Waals surface area contributed by atoms with Gasteiger partial charge in [0, 0.05) is 29.9 Å². The number of benzene rings is 2. The van der Waals surface area contributed by atoms with Crippen LogP contribution in [-0.2, 0) is 5.41 Å². The molecule has 0 aromatic heterocycles. The number of nitrogens with one attached hydrogen (secondary N) is 1. The SMILES string of the molecule is C=CCN1CCC2(CC1)CN(C(=O)Nc1ccc(C)cc1)c1ccc(F)cc12. The third kappa shape index (κ3) is 3.42. The van der Waals surface area contributed by atoms with Gasteiger partial charge in [-0.1, -0.05) is 23.8 Å². The summed E-state index contributed by atoms with van der Waals surface area (Å²) in [6.07, 6.45) is 3.73. The summed E-state index contributed by atoms with van der Waals surface area (Å²) in [4.78, 5) is 17.2. The number of urea groups is 1. The van der Waals surface area contributed by atoms with Crippen LogP contribution in [0.25, 0.3) is 0 Å². The van der Waals surface area contributed by atoms with Crippen molar-refractivity contribution in [2.24, 2.45) is 0 Å². The number of amides is 2. The molecule has 2 aromatic rings. The van der Waals surface area contributed by atoms with Gasteiger partial charge in [0.2, 0.25) is 0 Å². The molecule has 0 saturated carbocycles. The quantitative estimate of drug-likeness (QED) is 0.784. The number of carbonyl (C=O) groups excluding carboxylic acids is 1. The summed E-state index contributed by atoms with van der Waals surface area (Å²) in [5.74, 6) is -0.243. The lowest BCUT2D eigenvalue weighted by Crippen LogP contribution is -2.46. The van der Waals surface area contributed by atoms with Crippen LogP contribution in [0.1, 0.15) is 24.0 Å². The number of hydrogen-bond acceptors (Lipinski definition) is 2. The Morgan fingerprint density at radius 1 is 1.21 bits per heavy atom. The maximum absolute atomic E-state index is 14.1. The van der Waals surface area contributed by atoms with E-state index in [2.05, 4.69) is 16.8 Å². The molecule has 1 N–H and O–H groups in total. The van der Waals surface area contributed by atoms with Crippen LogP contribution in [0.4, 0.5) is 20.6 Å². The van der Waals surface area contributed by atoms with Crippen molar-refractivity contribution in [3.63, 3.8) is 0 Å². The third-order valence-electron chi connectivity index (χ3n) is 6.03. The molecule has 1 spiro atoms. The highest BCUT2D eigenvalue weighted by molar-refractivity contribution is 6.03. The van der Waals surface area contributed by atoms with Gasteiger partial charge in [-0.2, -0.15) is 0 Å². The van der Waals surface area contributed by atoms with Gasteiger partial charge < -0.3 is 5.32 Å². The molecular formula is C23H26FN3O. The number of aryl methyl sites for hydroxylation is 1. The fraction of sp³-hybridized carbons (Fsp3) is 0.348. The monoisotopic (exact) mass is 379 g/mol. The van der Waals surface area contributed by atoms with E-state index >= 15 is 0 Å². The summed E-state index contributed by atoms with van der Waals surface area (Å²) in [6, 6.07) is 12.4. The van der Waals surface area contributed by atoms with Crippen LogP contribution >= 0.6 is 0 Å². The van der Waals surface area contributed by atoms with E-state index in [9.17, 15) is 9.18 Å². The first-order valence-electron chi connectivity index (χ1n) is 9.79. The highest BCUT2D eigenvalue weighted by Gasteiger charge is 2.46. The largest absolute Gasteiger partial charge is 0.326 e. The molecule has 2 aromatic carbocycles. The van der Waals surface area contributed by atoms with Gasteiger partial charge in [0.25, 0.3) is 0 Å². The molecule has 2 aliphatic heterocycles. The Kier molecular flexibility index (Phi) is 4.94. The van der Waals surface area contributed by atoms with Crippen molar-refractivity contribution in [3.8, 4) is 0 Å². The Morgan fingerprint density at radius 3 is 2.61 bits per heavy atom. The average Bonchev–Trinajstić information content (AvgIpc) is 2.99. The van der Waals surface area contributed by atoms with Crippen molar-refractivity contribution in [3.05, 3.63) is 72.1 Å². The fourth-order valence-corrected chi connectivity index (χ4v) is 4.42. The molecule has 146 valence electrons. The van der Waals surface area contributed by atoms with Gasteiger partial charge in [0.05, 0.1) is 0 Å². The number of rotatable bonds is 3. The minimum Gasteiger partial charge on any atom is -0.308 e. The van der Waals surface area contributed by atoms with Gasteiger partial charge in [-0.05, 0) is 68.8 Å². The lowest BCUT2D eigenvalue weighted by atomic mass is 9.74. The molecule has 5 heteroatoms. The van der Waals surface area contributed by atoms with Crippen molar-refractivity contribution < 1.29 is 9.18 Å². The summed E-state index contributed by atoms with van der Waals surface area (Å²) in [6.45, 7) is 9.14. The van der Waals surface area contributed by atoms with E-state index in [0.29, 0.717) is 6.54 Å². The number of carbonyl (C=O) groups is 1. The van der Waals surface area contributed by atoms with Crippen LogP contribution in [0.2, 0.25) is 0 Å². The third-order valence-corrected chi connectivity index (χ3v) is 6.03. The maximum Gasteiger partial charge on any atom is 0.326 e. The second-order valence-electron chi connectivity index (χ2n) is 7.91. The Hall–Kier alpha value is -2.66. The molecular weight excluding hydrogens is 353 g/mol. The molecule has 0 aliphatic carbocycles. The van der Waals surface area contributed by atoms with Crippen LogP contribution in [-0.4, -0.2) is 37.1 Å². The number of piperidine rings is 1. The zero-order valence-corrected chi connectivity index (χ0v) is 16.2. The molecule has 4 rings (SSSR count). The maximum atomic E-state index is 14.1. The molecule has 0 unspecified atom stereocenters. The second-order valence-corrected chi connectivity index (χ2v) is 7.91. The van der Waals surface area contributed by atoms with E-state index in [-0.39, 0.29) is 17.3 Å². The van der Waals surface area contributed by atoms with Gasteiger partial charge in [0.15, 0.2) is 0 Å². The summed E-state index contributed by atoms with van der Waals surface area (Å²) >= 11 is 0. The summed E-state index contributed by atoms with van der Waals surface area (Å²) < 4.78 is 14.1. The lowest BCUT2D eigenvalue weighted by molar-refractivity contribution is 0.180. The number of nitrogens with zero attached hydrogens (tertiary/aromatic N) is 2. The molecule has 2 heterocycles. The van der Waals surface area contributed by atoms with Crippen LogP contribution in [0.15, 0.2) is 55.1 Å². The summed E-state index contributed by atoms with van der Waals surface area (Å²) in [7, 11) is 0. The Balaban J connectivity index is 1.59. The topological polar surface area (TPSA) is 35.6 Å². The van der Waals surface area contributed by atoms with Gasteiger partial charge in [-0.25, -0.2) is 9.18 Å². The minimum atomic E-state index is -0.243. The van der Waals surface area contributed by atoms with E-state index in [0.717, 1.165) is 55.0 Å². The Labute approximate surface area is 165 Å². The number of hydrogen-bond donors (Lipinski definition) is 1. The van der Waals surface area contributed by atoms with Crippen molar-refractivity contribution >= 4 is 17.4 Å². The first-order chi connectivity index (χ1) is 13.5. The summed E-state index contributed by atoms with van der Waals surface area (Å²) in [5.41, 5.74) is 3.51. The standard InChI is InChI=1S/C23H26FN3O/c1-3-12-26-13-10-23(11-14-26)16-27(21-9-6-18(24)15-20(21)23)22(28)25-19-7-4-17(2)5-8-19/h3-9,15H,1,10-14,16H2,2H3,(H,25,28). The molecule has 0 bridgehead atoms. The van der Waals surface area contributed by atoms with E-state index in [4.69, 9.17) is 0 Å². The first-order valence-corrected chi connectivity index (χ1v) is 9.79. The molecule has 28 heavy (non-hydrogen) atoms. The fourth-order valence-electron chi connectivity index (χ4n) is 4.42. The molecule has 0 radical (unpaired) electrons. The van der Waals surface area contributed by atoms with E-state index in [1.54, 1.807) is 17.0 Å². The number of halogens is 1. The van der Waals surface area contributed by atoms with Crippen molar-refractivity contribution in [2.45, 2.75) is 25.2 Å². The Bertz CT molecular complexity index is 885. The van der Waals surface area contributed by atoms with Crippen LogP contribution < -0.4 is 10.2 Å². The Morgan fingerprint density at radius 2 is 1.93 bits per heavy atom. The minimum absolute atomic E-state index is 0.165. The first kappa shape index (κ1) is 18.7. The van der Waals surface area contributed by atoms with Crippen LogP contribution in [0, 0.1) is 12.7 Å². The lowest BCUT2D eigenvalue weighted by Gasteiger charge is -2.39. The van der Waals surface area contributed by atoms with Crippen molar-refractivity contribution in [1.82, 2.24) is 4.90 Å². The average molecular weight is 379 g/mol. The smallest absolute Gasteiger partial charge is 0.308 e. The molecule has 2 amide bonds. The zero-order valence-electron chi connectivity index (χ0n) is 16.2. The predicted octanol–water partition coefficient (Wildman–Crippen LogP) is 4.71. The highest BCUT2D eigenvalue weighted by Crippen LogP contribution is 2.47. The number of anilines is 2. The van der Waals surface area contributed by atoms with Crippen LogP contribution in [0.3, 0.4) is 0 Å². The normalized spacial score (nSPS) is 18.1. The van der Waals surface area contributed by atoms with Gasteiger partial charge >= 0.3 is 6.03 Å². The van der Waals surface area contributed by atoms with Crippen LogP contribution in [0.5, 0.6) is 0 Å². The number of fused-ring (bicyclic) bond motifs is 2. The molecule has 0 atom stereocenters. The molecule has 2 aliphatic rings. The van der Waals surface area contributed by atoms with Gasteiger partial charge in [0.1, 0.15) is 5.82 Å². The van der Waals surface area contributed by atoms with E-state index < -0.39 is 0 Å². The molecule has 1 fully saturated rings. The van der Waals surface area contributed by atoms with E-state index in [1.165, 1.54) is 6.07 Å². The van der Waals surface area contributed by atoms with Crippen molar-refractivity contribution in [1.29, 1.82) is 0 Å². The molecule has 1 saturated heterocycles. The van der Waals surface area contributed by atoms with Gasteiger partial charge in [-0.3, -0.25) is 9.80 Å². The highest BCUT2D eigenvalue weighted by atomic mass is 19.1. The summed E-state index contributed by atoms with van der Waals surface area (Å²) in [5, 5.41) is 2.99. The van der Waals surface area contributed by atoms with Gasteiger partial charge in [-0.15, -0.1) is 6.58 Å².